The molecular weight excluding hydrogens is 334 g/mol. The topological polar surface area (TPSA) is 12.5 Å². The number of halogens is 2. The molecule has 2 atom stereocenters. The highest BCUT2D eigenvalue weighted by Gasteiger charge is 2.40. The lowest BCUT2D eigenvalue weighted by Gasteiger charge is -2.01. The van der Waals surface area contributed by atoms with Crippen LogP contribution in [-0.4, -0.2) is 6.10 Å². The Morgan fingerprint density at radius 1 is 1.50 bits per heavy atom. The van der Waals surface area contributed by atoms with Crippen LogP contribution in [0.2, 0.25) is 5.02 Å². The van der Waals surface area contributed by atoms with Gasteiger partial charge in [0.05, 0.1) is 6.10 Å². The molecule has 0 aromatic heterocycles. The molecule has 84 valence electrons. The van der Waals surface area contributed by atoms with Crippen LogP contribution in [0.25, 0.3) is 0 Å². The van der Waals surface area contributed by atoms with Gasteiger partial charge in [-0.2, -0.15) is 0 Å². The summed E-state index contributed by atoms with van der Waals surface area (Å²) in [5.74, 6) is 3.09. The summed E-state index contributed by atoms with van der Waals surface area (Å²) >= 11 is 8.06. The van der Waals surface area contributed by atoms with Crippen molar-refractivity contribution in [1.29, 1.82) is 0 Å². The second-order valence-electron chi connectivity index (χ2n) is 3.83. The Morgan fingerprint density at radius 2 is 2.31 bits per heavy atom. The first-order chi connectivity index (χ1) is 7.76. The van der Waals surface area contributed by atoms with Gasteiger partial charge in [0, 0.05) is 38.7 Å². The number of ether oxygens (including phenoxy) is 1. The van der Waals surface area contributed by atoms with Crippen LogP contribution in [-0.2, 0) is 4.74 Å². The van der Waals surface area contributed by atoms with Crippen molar-refractivity contribution in [2.75, 3.05) is 0 Å². The predicted molar refractivity (Wildman–Crippen MR) is 74.9 cm³/mol. The minimum atomic E-state index is 0.200. The van der Waals surface area contributed by atoms with Crippen LogP contribution in [0.5, 0.6) is 0 Å². The number of benzene rings is 1. The number of rotatable bonds is 3. The molecule has 1 heterocycles. The van der Waals surface area contributed by atoms with Gasteiger partial charge < -0.3 is 4.74 Å². The monoisotopic (exact) mass is 346 g/mol. The summed E-state index contributed by atoms with van der Waals surface area (Å²) in [7, 11) is 0. The Hall–Kier alpha value is -0.240. The van der Waals surface area contributed by atoms with Gasteiger partial charge in [0.25, 0.3) is 0 Å². The zero-order valence-electron chi connectivity index (χ0n) is 8.97. The van der Waals surface area contributed by atoms with E-state index in [4.69, 9.17) is 16.3 Å². The van der Waals surface area contributed by atoms with Crippen LogP contribution in [0.15, 0.2) is 18.2 Å². The maximum Gasteiger partial charge on any atom is 0.110 e. The summed E-state index contributed by atoms with van der Waals surface area (Å²) in [5, 5.41) is 0.750. The van der Waals surface area contributed by atoms with E-state index in [1.54, 1.807) is 0 Å². The van der Waals surface area contributed by atoms with Gasteiger partial charge in [0.1, 0.15) is 6.10 Å². The van der Waals surface area contributed by atoms with Crippen LogP contribution in [0.1, 0.15) is 37.0 Å². The molecule has 1 saturated heterocycles. The fourth-order valence-electron chi connectivity index (χ4n) is 1.85. The van der Waals surface area contributed by atoms with E-state index in [1.807, 2.05) is 40.8 Å². The molecule has 0 spiro atoms. The summed E-state index contributed by atoms with van der Waals surface area (Å²) in [6, 6.07) is 5.81. The minimum Gasteiger partial charge on any atom is -0.364 e. The lowest BCUT2D eigenvalue weighted by molar-refractivity contribution is 0.364. The molecule has 1 aliphatic heterocycles. The Kier molecular flexibility index (Phi) is 4.12. The Labute approximate surface area is 115 Å². The first-order valence-electron chi connectivity index (χ1n) is 5.32. The SMILES string of the molecule is CCCC1OC1c1cc(Cl)ccc1C#CI. The van der Waals surface area contributed by atoms with Crippen LogP contribution >= 0.6 is 34.2 Å². The molecule has 1 aromatic rings. The van der Waals surface area contributed by atoms with E-state index in [0.29, 0.717) is 6.10 Å². The van der Waals surface area contributed by atoms with Crippen LogP contribution in [0, 0.1) is 9.85 Å². The first-order valence-corrected chi connectivity index (χ1v) is 6.78. The number of epoxide rings is 1. The third-order valence-corrected chi connectivity index (χ3v) is 3.16. The van der Waals surface area contributed by atoms with Crippen LogP contribution < -0.4 is 0 Å². The zero-order chi connectivity index (χ0) is 11.5. The van der Waals surface area contributed by atoms with E-state index in [-0.39, 0.29) is 6.10 Å². The van der Waals surface area contributed by atoms with E-state index in [2.05, 4.69) is 16.8 Å². The van der Waals surface area contributed by atoms with Gasteiger partial charge in [-0.25, -0.2) is 0 Å². The van der Waals surface area contributed by atoms with Crippen LogP contribution in [0.3, 0.4) is 0 Å². The zero-order valence-corrected chi connectivity index (χ0v) is 11.9. The maximum atomic E-state index is 6.01. The third-order valence-electron chi connectivity index (χ3n) is 2.66. The largest absolute Gasteiger partial charge is 0.364 e. The van der Waals surface area contributed by atoms with Crippen molar-refractivity contribution in [2.45, 2.75) is 32.0 Å². The maximum absolute atomic E-state index is 6.01. The van der Waals surface area contributed by atoms with E-state index in [9.17, 15) is 0 Å². The van der Waals surface area contributed by atoms with Crippen molar-refractivity contribution in [3.8, 4) is 9.85 Å². The highest BCUT2D eigenvalue weighted by molar-refractivity contribution is 14.1. The molecular formula is C13H12ClIO. The third kappa shape index (κ3) is 2.71. The molecule has 0 bridgehead atoms. The smallest absolute Gasteiger partial charge is 0.110 e. The molecule has 2 rings (SSSR count). The van der Waals surface area contributed by atoms with Gasteiger partial charge in [-0.1, -0.05) is 30.9 Å². The lowest BCUT2D eigenvalue weighted by Crippen LogP contribution is -1.92. The van der Waals surface area contributed by atoms with E-state index in [1.165, 1.54) is 0 Å². The molecule has 0 amide bonds. The molecule has 16 heavy (non-hydrogen) atoms. The Balaban J connectivity index is 2.25. The molecule has 2 unspecified atom stereocenters. The quantitative estimate of drug-likeness (QED) is 0.451. The molecule has 0 N–H and O–H groups in total. The molecule has 1 aromatic carbocycles. The van der Waals surface area contributed by atoms with E-state index in [0.717, 1.165) is 29.0 Å². The Bertz CT molecular complexity index is 447. The van der Waals surface area contributed by atoms with Gasteiger partial charge in [0.2, 0.25) is 0 Å². The summed E-state index contributed by atoms with van der Waals surface area (Å²) in [6.45, 7) is 2.17. The highest BCUT2D eigenvalue weighted by atomic mass is 127. The van der Waals surface area contributed by atoms with Gasteiger partial charge in [-0.15, -0.1) is 0 Å². The highest BCUT2D eigenvalue weighted by Crippen LogP contribution is 2.43. The normalized spacial score (nSPS) is 22.4. The average Bonchev–Trinajstić information content (AvgIpc) is 3.01. The minimum absolute atomic E-state index is 0.200. The second kappa shape index (κ2) is 5.39. The fourth-order valence-corrected chi connectivity index (χ4v) is 2.33. The van der Waals surface area contributed by atoms with Gasteiger partial charge in [-0.3, -0.25) is 0 Å². The molecule has 0 saturated carbocycles. The first kappa shape index (κ1) is 12.2. The molecule has 1 aliphatic rings. The molecule has 0 aliphatic carbocycles. The average molecular weight is 347 g/mol. The fraction of sp³-hybridized carbons (Fsp3) is 0.385. The van der Waals surface area contributed by atoms with Crippen molar-refractivity contribution in [3.05, 3.63) is 34.3 Å². The standard InChI is InChI=1S/C13H12ClIO/c1-2-3-12-13(16-12)11-8-10(14)5-4-9(11)6-7-15/h4-5,8,12-13H,2-3H2,1H3. The van der Waals surface area contributed by atoms with Gasteiger partial charge >= 0.3 is 0 Å². The Morgan fingerprint density at radius 3 is 3.00 bits per heavy atom. The van der Waals surface area contributed by atoms with Crippen LogP contribution in [0.4, 0.5) is 0 Å². The molecule has 1 nitrogen and oxygen atoms in total. The number of hydrogen-bond acceptors (Lipinski definition) is 1. The molecule has 1 fully saturated rings. The summed E-state index contributed by atoms with van der Waals surface area (Å²) in [6.07, 6.45) is 2.81. The van der Waals surface area contributed by atoms with Crippen molar-refractivity contribution in [2.24, 2.45) is 0 Å². The lowest BCUT2D eigenvalue weighted by atomic mass is 10.0. The summed E-state index contributed by atoms with van der Waals surface area (Å²) in [4.78, 5) is 0. The van der Waals surface area contributed by atoms with Crippen molar-refractivity contribution < 1.29 is 4.74 Å². The summed E-state index contributed by atoms with van der Waals surface area (Å²) in [5.41, 5.74) is 2.16. The van der Waals surface area contributed by atoms with Crippen molar-refractivity contribution in [1.82, 2.24) is 0 Å². The summed E-state index contributed by atoms with van der Waals surface area (Å²) < 4.78 is 8.55. The van der Waals surface area contributed by atoms with E-state index < -0.39 is 0 Å². The molecule has 0 radical (unpaired) electrons. The van der Waals surface area contributed by atoms with Gasteiger partial charge in [0.15, 0.2) is 0 Å². The van der Waals surface area contributed by atoms with Crippen molar-refractivity contribution in [3.63, 3.8) is 0 Å². The number of hydrogen-bond donors (Lipinski definition) is 0. The molecule has 3 heteroatoms. The van der Waals surface area contributed by atoms with E-state index >= 15 is 0 Å². The second-order valence-corrected chi connectivity index (χ2v) is 4.81. The van der Waals surface area contributed by atoms with Crippen molar-refractivity contribution >= 4 is 34.2 Å². The predicted octanol–water partition coefficient (Wildman–Crippen LogP) is 4.32. The van der Waals surface area contributed by atoms with Gasteiger partial charge in [-0.05, 0) is 28.5 Å².